The van der Waals surface area contributed by atoms with Gasteiger partial charge in [-0.1, -0.05) is 6.08 Å². The van der Waals surface area contributed by atoms with Gasteiger partial charge in [0.1, 0.15) is 5.82 Å². The van der Waals surface area contributed by atoms with Crippen LogP contribution >= 0.6 is 11.6 Å². The maximum atomic E-state index is 5.86. The molecule has 1 aromatic heterocycles. The lowest BCUT2D eigenvalue weighted by Gasteiger charge is -2.20. The predicted octanol–water partition coefficient (Wildman–Crippen LogP) is 2.70. The molecule has 0 spiro atoms. The summed E-state index contributed by atoms with van der Waals surface area (Å²) in [6, 6.07) is 1.96. The number of anilines is 1. The fourth-order valence-corrected chi connectivity index (χ4v) is 1.61. The molecule has 1 aromatic rings. The van der Waals surface area contributed by atoms with E-state index >= 15 is 0 Å². The van der Waals surface area contributed by atoms with Crippen molar-refractivity contribution in [1.82, 2.24) is 9.97 Å². The van der Waals surface area contributed by atoms with Crippen LogP contribution in [-0.2, 0) is 6.42 Å². The maximum absolute atomic E-state index is 5.86. The van der Waals surface area contributed by atoms with Gasteiger partial charge in [0.25, 0.3) is 0 Å². The molecule has 0 radical (unpaired) electrons. The Morgan fingerprint density at radius 2 is 2.07 bits per heavy atom. The Morgan fingerprint density at radius 3 is 2.60 bits per heavy atom. The lowest BCUT2D eigenvalue weighted by Crippen LogP contribution is -2.23. The van der Waals surface area contributed by atoms with Crippen LogP contribution < -0.4 is 4.90 Å². The fourth-order valence-electron chi connectivity index (χ4n) is 1.41. The van der Waals surface area contributed by atoms with Crippen molar-refractivity contribution in [3.63, 3.8) is 0 Å². The van der Waals surface area contributed by atoms with E-state index in [0.717, 1.165) is 31.0 Å². The number of rotatable bonds is 5. The van der Waals surface area contributed by atoms with E-state index in [0.29, 0.717) is 5.28 Å². The molecule has 0 saturated heterocycles. The van der Waals surface area contributed by atoms with Crippen LogP contribution in [0.2, 0.25) is 5.28 Å². The van der Waals surface area contributed by atoms with Crippen molar-refractivity contribution in [2.24, 2.45) is 0 Å². The average Bonchev–Trinajstić information content (AvgIpc) is 2.19. The van der Waals surface area contributed by atoms with Gasteiger partial charge in [0.2, 0.25) is 5.28 Å². The van der Waals surface area contributed by atoms with Gasteiger partial charge in [0, 0.05) is 25.6 Å². The zero-order valence-corrected chi connectivity index (χ0v) is 9.96. The summed E-state index contributed by atoms with van der Waals surface area (Å²) >= 11 is 5.86. The van der Waals surface area contributed by atoms with Crippen molar-refractivity contribution in [2.75, 3.05) is 18.0 Å². The third kappa shape index (κ3) is 3.20. The van der Waals surface area contributed by atoms with Crippen LogP contribution in [-0.4, -0.2) is 23.1 Å². The lowest BCUT2D eigenvalue weighted by molar-refractivity contribution is 0.836. The van der Waals surface area contributed by atoms with Gasteiger partial charge in [0.05, 0.1) is 5.69 Å². The molecule has 0 aliphatic heterocycles. The Morgan fingerprint density at radius 1 is 1.40 bits per heavy atom. The second kappa shape index (κ2) is 5.71. The molecular weight excluding hydrogens is 210 g/mol. The standard InChI is InChI=1S/C11H16ClN3/c1-4-7-9-8-10(14-11(12)13-9)15(5-2)6-3/h4,8H,1,5-7H2,2-3H3. The Hall–Kier alpha value is -1.09. The van der Waals surface area contributed by atoms with E-state index in [4.69, 9.17) is 11.6 Å². The zero-order chi connectivity index (χ0) is 11.3. The topological polar surface area (TPSA) is 29.0 Å². The first-order chi connectivity index (χ1) is 7.21. The van der Waals surface area contributed by atoms with E-state index < -0.39 is 0 Å². The number of hydrogen-bond donors (Lipinski definition) is 0. The van der Waals surface area contributed by atoms with Crippen LogP contribution in [0.25, 0.3) is 0 Å². The summed E-state index contributed by atoms with van der Waals surface area (Å²) in [5.74, 6) is 0.886. The van der Waals surface area contributed by atoms with Crippen molar-refractivity contribution in [1.29, 1.82) is 0 Å². The molecule has 0 fully saturated rings. The first-order valence-corrected chi connectivity index (χ1v) is 5.48. The molecule has 0 atom stereocenters. The quantitative estimate of drug-likeness (QED) is 0.570. The molecule has 1 heterocycles. The minimum Gasteiger partial charge on any atom is -0.357 e. The van der Waals surface area contributed by atoms with E-state index in [-0.39, 0.29) is 0 Å². The molecule has 0 unspecified atom stereocenters. The second-order valence-electron chi connectivity index (χ2n) is 3.15. The van der Waals surface area contributed by atoms with E-state index in [1.807, 2.05) is 12.1 Å². The summed E-state index contributed by atoms with van der Waals surface area (Å²) in [6.45, 7) is 9.69. The summed E-state index contributed by atoms with van der Waals surface area (Å²) in [7, 11) is 0. The Balaban J connectivity index is 3.01. The van der Waals surface area contributed by atoms with Gasteiger partial charge in [-0.05, 0) is 25.4 Å². The molecule has 4 heteroatoms. The summed E-state index contributed by atoms with van der Waals surface area (Å²) in [5.41, 5.74) is 0.909. The number of hydrogen-bond acceptors (Lipinski definition) is 3. The Bertz CT molecular complexity index is 335. The van der Waals surface area contributed by atoms with Crippen LogP contribution in [0.4, 0.5) is 5.82 Å². The summed E-state index contributed by atoms with van der Waals surface area (Å²) in [4.78, 5) is 10.5. The lowest BCUT2D eigenvalue weighted by atomic mass is 10.3. The van der Waals surface area contributed by atoms with Gasteiger partial charge in [-0.15, -0.1) is 6.58 Å². The summed E-state index contributed by atoms with van der Waals surface area (Å²) in [6.07, 6.45) is 2.53. The SMILES string of the molecule is C=CCc1cc(N(CC)CC)nc(Cl)n1. The van der Waals surface area contributed by atoms with Crippen LogP contribution in [0.3, 0.4) is 0 Å². The van der Waals surface area contributed by atoms with Gasteiger partial charge >= 0.3 is 0 Å². The van der Waals surface area contributed by atoms with Crippen molar-refractivity contribution in [3.05, 3.63) is 29.7 Å². The summed E-state index contributed by atoms with van der Waals surface area (Å²) in [5, 5.41) is 0.302. The molecule has 82 valence electrons. The Kier molecular flexibility index (Phi) is 4.56. The van der Waals surface area contributed by atoms with Crippen molar-refractivity contribution in [2.45, 2.75) is 20.3 Å². The largest absolute Gasteiger partial charge is 0.357 e. The van der Waals surface area contributed by atoms with Gasteiger partial charge < -0.3 is 4.90 Å². The normalized spacial score (nSPS) is 10.1. The number of allylic oxidation sites excluding steroid dienone is 1. The molecule has 0 bridgehead atoms. The molecule has 15 heavy (non-hydrogen) atoms. The average molecular weight is 226 g/mol. The van der Waals surface area contributed by atoms with Crippen LogP contribution in [0.15, 0.2) is 18.7 Å². The Labute approximate surface area is 95.8 Å². The van der Waals surface area contributed by atoms with E-state index in [9.17, 15) is 0 Å². The summed E-state index contributed by atoms with van der Waals surface area (Å²) < 4.78 is 0. The van der Waals surface area contributed by atoms with Gasteiger partial charge in [0.15, 0.2) is 0 Å². The molecular formula is C11H16ClN3. The smallest absolute Gasteiger partial charge is 0.224 e. The molecule has 3 nitrogen and oxygen atoms in total. The maximum Gasteiger partial charge on any atom is 0.224 e. The second-order valence-corrected chi connectivity index (χ2v) is 3.49. The molecule has 0 aliphatic carbocycles. The van der Waals surface area contributed by atoms with E-state index in [1.165, 1.54) is 0 Å². The van der Waals surface area contributed by atoms with Crippen LogP contribution in [0.5, 0.6) is 0 Å². The van der Waals surface area contributed by atoms with E-state index in [1.54, 1.807) is 0 Å². The monoisotopic (exact) mass is 225 g/mol. The minimum absolute atomic E-state index is 0.302. The molecule has 1 rings (SSSR count). The minimum atomic E-state index is 0.302. The number of aromatic nitrogens is 2. The molecule has 0 amide bonds. The number of nitrogens with zero attached hydrogens (tertiary/aromatic N) is 3. The zero-order valence-electron chi connectivity index (χ0n) is 9.20. The highest BCUT2D eigenvalue weighted by molar-refractivity contribution is 6.28. The highest BCUT2D eigenvalue weighted by Gasteiger charge is 2.07. The first-order valence-electron chi connectivity index (χ1n) is 5.10. The van der Waals surface area contributed by atoms with Crippen LogP contribution in [0, 0.1) is 0 Å². The first kappa shape index (κ1) is 12.0. The highest BCUT2D eigenvalue weighted by Crippen LogP contribution is 2.15. The fraction of sp³-hybridized carbons (Fsp3) is 0.455. The van der Waals surface area contributed by atoms with Crippen molar-refractivity contribution < 1.29 is 0 Å². The van der Waals surface area contributed by atoms with Crippen molar-refractivity contribution in [3.8, 4) is 0 Å². The highest BCUT2D eigenvalue weighted by atomic mass is 35.5. The van der Waals surface area contributed by atoms with Crippen molar-refractivity contribution >= 4 is 17.4 Å². The molecule has 0 aromatic carbocycles. The number of halogens is 1. The predicted molar refractivity (Wildman–Crippen MR) is 64.5 cm³/mol. The molecule has 0 N–H and O–H groups in total. The molecule has 0 aliphatic rings. The van der Waals surface area contributed by atoms with Gasteiger partial charge in [-0.3, -0.25) is 0 Å². The third-order valence-electron chi connectivity index (χ3n) is 2.18. The van der Waals surface area contributed by atoms with E-state index in [2.05, 4.69) is 35.3 Å². The third-order valence-corrected chi connectivity index (χ3v) is 2.35. The van der Waals surface area contributed by atoms with Gasteiger partial charge in [-0.2, -0.15) is 0 Å². The van der Waals surface area contributed by atoms with Gasteiger partial charge in [-0.25, -0.2) is 9.97 Å². The van der Waals surface area contributed by atoms with Crippen LogP contribution in [0.1, 0.15) is 19.5 Å². The molecule has 0 saturated carbocycles.